The maximum absolute atomic E-state index is 4.24. The van der Waals surface area contributed by atoms with Gasteiger partial charge >= 0.3 is 0 Å². The van der Waals surface area contributed by atoms with E-state index < -0.39 is 0 Å². The van der Waals surface area contributed by atoms with Gasteiger partial charge in [-0.25, -0.2) is 9.67 Å². The van der Waals surface area contributed by atoms with Crippen LogP contribution in [0.3, 0.4) is 0 Å². The van der Waals surface area contributed by atoms with E-state index in [1.807, 2.05) is 37.4 Å². The van der Waals surface area contributed by atoms with Crippen molar-refractivity contribution in [3.63, 3.8) is 0 Å². The van der Waals surface area contributed by atoms with Gasteiger partial charge in [-0.2, -0.15) is 5.10 Å². The second-order valence-corrected chi connectivity index (χ2v) is 2.59. The average molecular weight is 159 g/mol. The van der Waals surface area contributed by atoms with Crippen LogP contribution in [0.5, 0.6) is 0 Å². The minimum atomic E-state index is 0.852. The molecule has 0 fully saturated rings. The Bertz CT molecular complexity index is 364. The fourth-order valence-electron chi connectivity index (χ4n) is 1.03. The quantitative estimate of drug-likeness (QED) is 0.632. The summed E-state index contributed by atoms with van der Waals surface area (Å²) in [7, 11) is 0. The summed E-state index contributed by atoms with van der Waals surface area (Å²) in [5.74, 6) is 0.852. The summed E-state index contributed by atoms with van der Waals surface area (Å²) >= 11 is 0. The van der Waals surface area contributed by atoms with Gasteiger partial charge in [0.15, 0.2) is 5.82 Å². The molecule has 0 spiro atoms. The molecular weight excluding hydrogens is 150 g/mol. The molecule has 0 saturated heterocycles. The predicted molar refractivity (Wildman–Crippen MR) is 46.1 cm³/mol. The van der Waals surface area contributed by atoms with Crippen LogP contribution in [0.1, 0.15) is 5.69 Å². The zero-order valence-corrected chi connectivity index (χ0v) is 6.81. The SMILES string of the molecule is Cc1ccn(-c2ccccn2)n1. The van der Waals surface area contributed by atoms with Crippen molar-refractivity contribution >= 4 is 0 Å². The van der Waals surface area contributed by atoms with Gasteiger partial charge in [0.2, 0.25) is 0 Å². The Morgan fingerprint density at radius 2 is 2.17 bits per heavy atom. The average Bonchev–Trinajstić information content (AvgIpc) is 2.54. The highest BCUT2D eigenvalue weighted by Gasteiger charge is 1.96. The molecule has 0 aromatic carbocycles. The van der Waals surface area contributed by atoms with Gasteiger partial charge in [0.05, 0.1) is 5.69 Å². The number of nitrogens with zero attached hydrogens (tertiary/aromatic N) is 3. The van der Waals surface area contributed by atoms with Crippen LogP contribution >= 0.6 is 0 Å². The number of aryl methyl sites for hydroxylation is 1. The first-order valence-electron chi connectivity index (χ1n) is 3.80. The van der Waals surface area contributed by atoms with Crippen LogP contribution in [-0.2, 0) is 0 Å². The highest BCUT2D eigenvalue weighted by Crippen LogP contribution is 2.01. The van der Waals surface area contributed by atoms with Crippen LogP contribution in [0, 0.1) is 6.92 Å². The van der Waals surface area contributed by atoms with Gasteiger partial charge in [-0.1, -0.05) is 6.07 Å². The van der Waals surface area contributed by atoms with Crippen molar-refractivity contribution in [1.29, 1.82) is 0 Å². The third-order valence-corrected chi connectivity index (χ3v) is 1.61. The number of rotatable bonds is 1. The van der Waals surface area contributed by atoms with E-state index in [1.165, 1.54) is 0 Å². The van der Waals surface area contributed by atoms with E-state index in [4.69, 9.17) is 0 Å². The second kappa shape index (κ2) is 2.77. The van der Waals surface area contributed by atoms with Crippen molar-refractivity contribution in [3.05, 3.63) is 42.4 Å². The van der Waals surface area contributed by atoms with Crippen molar-refractivity contribution < 1.29 is 0 Å². The lowest BCUT2D eigenvalue weighted by atomic mass is 10.5. The van der Waals surface area contributed by atoms with Gasteiger partial charge in [-0.3, -0.25) is 0 Å². The highest BCUT2D eigenvalue weighted by atomic mass is 15.3. The third kappa shape index (κ3) is 1.21. The van der Waals surface area contributed by atoms with Crippen LogP contribution in [0.15, 0.2) is 36.7 Å². The Morgan fingerprint density at radius 1 is 1.25 bits per heavy atom. The summed E-state index contributed by atoms with van der Waals surface area (Å²) in [6, 6.07) is 7.71. The molecule has 3 heteroatoms. The number of hydrogen-bond donors (Lipinski definition) is 0. The lowest BCUT2D eigenvalue weighted by Crippen LogP contribution is -1.96. The Labute approximate surface area is 70.7 Å². The van der Waals surface area contributed by atoms with E-state index in [2.05, 4.69) is 10.1 Å². The Kier molecular flexibility index (Phi) is 1.63. The number of aromatic nitrogens is 3. The molecule has 0 unspecified atom stereocenters. The van der Waals surface area contributed by atoms with Crippen molar-refractivity contribution in [1.82, 2.24) is 14.8 Å². The summed E-state index contributed by atoms with van der Waals surface area (Å²) in [6.45, 7) is 1.96. The standard InChI is InChI=1S/C9H9N3/c1-8-5-7-12(11-8)9-4-2-3-6-10-9/h2-7H,1H3. The molecule has 0 atom stereocenters. The molecule has 0 N–H and O–H groups in total. The molecule has 0 aliphatic carbocycles. The van der Waals surface area contributed by atoms with Gasteiger partial charge < -0.3 is 0 Å². The molecule has 12 heavy (non-hydrogen) atoms. The molecule has 0 aliphatic rings. The monoisotopic (exact) mass is 159 g/mol. The summed E-state index contributed by atoms with van der Waals surface area (Å²) in [5.41, 5.74) is 1.00. The lowest BCUT2D eigenvalue weighted by Gasteiger charge is -1.96. The summed E-state index contributed by atoms with van der Waals surface area (Å²) < 4.78 is 1.76. The van der Waals surface area contributed by atoms with E-state index in [0.717, 1.165) is 11.5 Å². The predicted octanol–water partition coefficient (Wildman–Crippen LogP) is 1.58. The van der Waals surface area contributed by atoms with Crippen molar-refractivity contribution in [2.75, 3.05) is 0 Å². The highest BCUT2D eigenvalue weighted by molar-refractivity contribution is 5.20. The van der Waals surface area contributed by atoms with Crippen LogP contribution in [0.4, 0.5) is 0 Å². The molecule has 3 nitrogen and oxygen atoms in total. The van der Waals surface area contributed by atoms with E-state index in [0.29, 0.717) is 0 Å². The molecular formula is C9H9N3. The largest absolute Gasteiger partial charge is 0.237 e. The summed E-state index contributed by atoms with van der Waals surface area (Å²) in [4.78, 5) is 4.16. The van der Waals surface area contributed by atoms with Gasteiger partial charge in [0.1, 0.15) is 0 Å². The molecule has 0 aliphatic heterocycles. The molecule has 2 aromatic rings. The molecule has 2 rings (SSSR count). The van der Waals surface area contributed by atoms with Crippen LogP contribution in [0.2, 0.25) is 0 Å². The second-order valence-electron chi connectivity index (χ2n) is 2.59. The minimum Gasteiger partial charge on any atom is -0.237 e. The van der Waals surface area contributed by atoms with Crippen molar-refractivity contribution in [3.8, 4) is 5.82 Å². The van der Waals surface area contributed by atoms with E-state index in [9.17, 15) is 0 Å². The maximum Gasteiger partial charge on any atom is 0.153 e. The van der Waals surface area contributed by atoms with Gasteiger partial charge in [0.25, 0.3) is 0 Å². The van der Waals surface area contributed by atoms with Crippen molar-refractivity contribution in [2.24, 2.45) is 0 Å². The Hall–Kier alpha value is -1.64. The van der Waals surface area contributed by atoms with Crippen molar-refractivity contribution in [2.45, 2.75) is 6.92 Å². The zero-order valence-electron chi connectivity index (χ0n) is 6.81. The lowest BCUT2D eigenvalue weighted by molar-refractivity contribution is 0.832. The van der Waals surface area contributed by atoms with E-state index in [-0.39, 0.29) is 0 Å². The fraction of sp³-hybridized carbons (Fsp3) is 0.111. The molecule has 0 radical (unpaired) electrons. The zero-order chi connectivity index (χ0) is 8.39. The van der Waals surface area contributed by atoms with Gasteiger partial charge in [0, 0.05) is 12.4 Å². The summed E-state index contributed by atoms with van der Waals surface area (Å²) in [6.07, 6.45) is 3.66. The number of pyridine rings is 1. The fourth-order valence-corrected chi connectivity index (χ4v) is 1.03. The topological polar surface area (TPSA) is 30.7 Å². The van der Waals surface area contributed by atoms with Crippen LogP contribution in [0.25, 0.3) is 5.82 Å². The van der Waals surface area contributed by atoms with E-state index >= 15 is 0 Å². The molecule has 0 bridgehead atoms. The summed E-state index contributed by atoms with van der Waals surface area (Å²) in [5, 5.41) is 4.24. The first kappa shape index (κ1) is 7.03. The molecule has 2 aromatic heterocycles. The third-order valence-electron chi connectivity index (χ3n) is 1.61. The van der Waals surface area contributed by atoms with Gasteiger partial charge in [-0.05, 0) is 25.1 Å². The molecule has 60 valence electrons. The van der Waals surface area contributed by atoms with Crippen LogP contribution < -0.4 is 0 Å². The normalized spacial score (nSPS) is 10.1. The van der Waals surface area contributed by atoms with E-state index in [1.54, 1.807) is 10.9 Å². The molecule has 2 heterocycles. The first-order chi connectivity index (χ1) is 5.86. The first-order valence-corrected chi connectivity index (χ1v) is 3.80. The maximum atomic E-state index is 4.24. The van der Waals surface area contributed by atoms with Crippen LogP contribution in [-0.4, -0.2) is 14.8 Å². The number of hydrogen-bond acceptors (Lipinski definition) is 2. The smallest absolute Gasteiger partial charge is 0.153 e. The molecule has 0 saturated carbocycles. The Balaban J connectivity index is 2.45. The molecule has 0 amide bonds. The Morgan fingerprint density at radius 3 is 2.75 bits per heavy atom. The van der Waals surface area contributed by atoms with Gasteiger partial charge in [-0.15, -0.1) is 0 Å². The minimum absolute atomic E-state index is 0.852.